The highest BCUT2D eigenvalue weighted by molar-refractivity contribution is 6.52. The van der Waals surface area contributed by atoms with Crippen LogP contribution in [-0.4, -0.2) is 18.2 Å². The molecule has 1 aliphatic heterocycles. The predicted molar refractivity (Wildman–Crippen MR) is 109 cm³/mol. The minimum Gasteiger partial charge on any atom is -0.305 e. The van der Waals surface area contributed by atoms with Crippen molar-refractivity contribution in [3.8, 4) is 0 Å². The zero-order chi connectivity index (χ0) is 18.6. The van der Waals surface area contributed by atoms with Gasteiger partial charge in [0.2, 0.25) is 0 Å². The number of anilines is 1. The van der Waals surface area contributed by atoms with Crippen molar-refractivity contribution in [3.63, 3.8) is 0 Å². The van der Waals surface area contributed by atoms with E-state index in [-0.39, 0.29) is 11.7 Å². The van der Waals surface area contributed by atoms with Gasteiger partial charge in [0.15, 0.2) is 0 Å². The molecule has 0 aliphatic carbocycles. The van der Waals surface area contributed by atoms with Crippen LogP contribution in [0.25, 0.3) is 0 Å². The van der Waals surface area contributed by atoms with E-state index in [0.29, 0.717) is 12.1 Å². The molecule has 1 aromatic rings. The number of rotatable bonds is 14. The molecule has 0 radical (unpaired) electrons. The third kappa shape index (κ3) is 6.26. The first kappa shape index (κ1) is 20.7. The highest BCUT2D eigenvalue weighted by atomic mass is 16.2. The number of carbonyl (C=O) groups excluding carboxylic acids is 2. The quantitative estimate of drug-likeness (QED) is 0.289. The van der Waals surface area contributed by atoms with Crippen LogP contribution in [0.15, 0.2) is 24.3 Å². The van der Waals surface area contributed by atoms with Gasteiger partial charge in [-0.25, -0.2) is 0 Å². The number of para-hydroxylation sites is 1. The number of nitrogens with zero attached hydrogens (tertiary/aromatic N) is 1. The lowest BCUT2D eigenvalue weighted by Gasteiger charge is -2.16. The predicted octanol–water partition coefficient (Wildman–Crippen LogP) is 6.31. The summed E-state index contributed by atoms with van der Waals surface area (Å²) in [6, 6.07) is 7.33. The third-order valence-corrected chi connectivity index (χ3v) is 5.36. The molecule has 144 valence electrons. The van der Waals surface area contributed by atoms with Gasteiger partial charge in [0.05, 0.1) is 11.3 Å². The van der Waals surface area contributed by atoms with Crippen molar-refractivity contribution in [3.05, 3.63) is 29.8 Å². The van der Waals surface area contributed by atoms with E-state index >= 15 is 0 Å². The number of carbonyl (C=O) groups is 2. The van der Waals surface area contributed by atoms with Crippen LogP contribution < -0.4 is 4.90 Å². The fourth-order valence-corrected chi connectivity index (χ4v) is 3.76. The molecular weight excluding hydrogens is 322 g/mol. The minimum atomic E-state index is -0.356. The van der Waals surface area contributed by atoms with Crippen molar-refractivity contribution in [2.45, 2.75) is 90.4 Å². The molecule has 3 heteroatoms. The topological polar surface area (TPSA) is 37.4 Å². The number of hydrogen-bond donors (Lipinski definition) is 0. The molecular formula is C23H35NO2. The van der Waals surface area contributed by atoms with Crippen LogP contribution in [0.2, 0.25) is 0 Å². The highest BCUT2D eigenvalue weighted by Gasteiger charge is 2.34. The molecule has 1 amide bonds. The second-order valence-corrected chi connectivity index (χ2v) is 7.55. The van der Waals surface area contributed by atoms with Crippen LogP contribution in [-0.2, 0) is 4.79 Å². The van der Waals surface area contributed by atoms with Crippen LogP contribution in [0, 0.1) is 0 Å². The van der Waals surface area contributed by atoms with Gasteiger partial charge < -0.3 is 4.90 Å². The molecule has 0 saturated heterocycles. The molecule has 0 bridgehead atoms. The Morgan fingerprint density at radius 1 is 0.692 bits per heavy atom. The number of ketones is 1. The SMILES string of the molecule is CCCCCCCCCCCCCCCN1C(=O)C(=O)c2ccccc21. The van der Waals surface area contributed by atoms with Gasteiger partial charge in [0.25, 0.3) is 11.7 Å². The molecule has 3 nitrogen and oxygen atoms in total. The van der Waals surface area contributed by atoms with Gasteiger partial charge in [-0.2, -0.15) is 0 Å². The number of unbranched alkanes of at least 4 members (excludes halogenated alkanes) is 12. The van der Waals surface area contributed by atoms with Gasteiger partial charge in [-0.3, -0.25) is 9.59 Å². The van der Waals surface area contributed by atoms with Gasteiger partial charge in [-0.05, 0) is 18.6 Å². The second-order valence-electron chi connectivity index (χ2n) is 7.55. The smallest absolute Gasteiger partial charge is 0.299 e. The molecule has 0 saturated carbocycles. The summed E-state index contributed by atoms with van der Waals surface area (Å²) in [6.07, 6.45) is 17.1. The van der Waals surface area contributed by atoms with Crippen LogP contribution in [0.4, 0.5) is 5.69 Å². The lowest BCUT2D eigenvalue weighted by molar-refractivity contribution is -0.114. The molecule has 26 heavy (non-hydrogen) atoms. The largest absolute Gasteiger partial charge is 0.305 e. The van der Waals surface area contributed by atoms with Gasteiger partial charge in [0.1, 0.15) is 0 Å². The summed E-state index contributed by atoms with van der Waals surface area (Å²) >= 11 is 0. The molecule has 0 N–H and O–H groups in total. The van der Waals surface area contributed by atoms with Crippen molar-refractivity contribution in [2.75, 3.05) is 11.4 Å². The van der Waals surface area contributed by atoms with Crippen LogP contribution >= 0.6 is 0 Å². The zero-order valence-corrected chi connectivity index (χ0v) is 16.5. The maximum atomic E-state index is 12.1. The van der Waals surface area contributed by atoms with E-state index in [1.54, 1.807) is 11.0 Å². The fourth-order valence-electron chi connectivity index (χ4n) is 3.76. The lowest BCUT2D eigenvalue weighted by Crippen LogP contribution is -2.30. The Morgan fingerprint density at radius 2 is 1.19 bits per heavy atom. The molecule has 0 spiro atoms. The summed E-state index contributed by atoms with van der Waals surface area (Å²) < 4.78 is 0. The zero-order valence-electron chi connectivity index (χ0n) is 16.5. The number of Topliss-reactive ketones (excluding diaryl/α,β-unsaturated/α-hetero) is 1. The van der Waals surface area contributed by atoms with Gasteiger partial charge >= 0.3 is 0 Å². The van der Waals surface area contributed by atoms with Gasteiger partial charge in [0, 0.05) is 6.54 Å². The lowest BCUT2D eigenvalue weighted by atomic mass is 10.0. The number of benzene rings is 1. The van der Waals surface area contributed by atoms with E-state index in [2.05, 4.69) is 6.92 Å². The second kappa shape index (κ2) is 11.9. The van der Waals surface area contributed by atoms with Gasteiger partial charge in [-0.15, -0.1) is 0 Å². The Bertz CT molecular complexity index is 567. The van der Waals surface area contributed by atoms with E-state index < -0.39 is 0 Å². The Hall–Kier alpha value is -1.64. The summed E-state index contributed by atoms with van der Waals surface area (Å²) in [6.45, 7) is 2.93. The summed E-state index contributed by atoms with van der Waals surface area (Å²) in [5.74, 6) is -0.708. The highest BCUT2D eigenvalue weighted by Crippen LogP contribution is 2.28. The molecule has 0 atom stereocenters. The number of fused-ring (bicyclic) bond motifs is 1. The standard InChI is InChI=1S/C23H35NO2/c1-2-3-4-5-6-7-8-9-10-11-12-13-16-19-24-21-18-15-14-17-20(21)22(25)23(24)26/h14-15,17-18H,2-13,16,19H2,1H3. The van der Waals surface area contributed by atoms with Crippen LogP contribution in [0.5, 0.6) is 0 Å². The first-order chi connectivity index (χ1) is 12.8. The van der Waals surface area contributed by atoms with Crippen molar-refractivity contribution in [2.24, 2.45) is 0 Å². The van der Waals surface area contributed by atoms with Crippen LogP contribution in [0.1, 0.15) is 101 Å². The maximum absolute atomic E-state index is 12.1. The number of hydrogen-bond acceptors (Lipinski definition) is 2. The van der Waals surface area contributed by atoms with Crippen LogP contribution in [0.3, 0.4) is 0 Å². The first-order valence-corrected chi connectivity index (χ1v) is 10.7. The molecule has 0 aromatic heterocycles. The minimum absolute atomic E-state index is 0.352. The van der Waals surface area contributed by atoms with Crippen molar-refractivity contribution < 1.29 is 9.59 Å². The Kier molecular flexibility index (Phi) is 9.44. The molecule has 2 rings (SSSR count). The summed E-state index contributed by atoms with van der Waals surface area (Å²) in [5.41, 5.74) is 1.36. The molecule has 1 heterocycles. The average Bonchev–Trinajstić information content (AvgIpc) is 2.90. The third-order valence-electron chi connectivity index (χ3n) is 5.36. The van der Waals surface area contributed by atoms with E-state index in [0.717, 1.165) is 18.5 Å². The number of amides is 1. The summed E-state index contributed by atoms with van der Waals surface area (Å²) in [7, 11) is 0. The summed E-state index contributed by atoms with van der Waals surface area (Å²) in [5, 5.41) is 0. The summed E-state index contributed by atoms with van der Waals surface area (Å²) in [4.78, 5) is 25.7. The molecule has 0 unspecified atom stereocenters. The monoisotopic (exact) mass is 357 g/mol. The Balaban J connectivity index is 1.48. The van der Waals surface area contributed by atoms with Crippen molar-refractivity contribution >= 4 is 17.4 Å². The van der Waals surface area contributed by atoms with Crippen molar-refractivity contribution in [1.29, 1.82) is 0 Å². The first-order valence-electron chi connectivity index (χ1n) is 10.7. The van der Waals surface area contributed by atoms with Crippen molar-refractivity contribution in [1.82, 2.24) is 0 Å². The molecule has 0 fully saturated rings. The van der Waals surface area contributed by atoms with E-state index in [1.807, 2.05) is 18.2 Å². The Morgan fingerprint density at radius 3 is 1.77 bits per heavy atom. The normalized spacial score (nSPS) is 13.5. The fraction of sp³-hybridized carbons (Fsp3) is 0.652. The maximum Gasteiger partial charge on any atom is 0.299 e. The van der Waals surface area contributed by atoms with E-state index in [4.69, 9.17) is 0 Å². The van der Waals surface area contributed by atoms with Gasteiger partial charge in [-0.1, -0.05) is 96.1 Å². The Labute approximate surface area is 159 Å². The molecule has 1 aliphatic rings. The van der Waals surface area contributed by atoms with E-state index in [9.17, 15) is 9.59 Å². The molecule has 1 aromatic carbocycles. The van der Waals surface area contributed by atoms with E-state index in [1.165, 1.54) is 70.6 Å². The average molecular weight is 358 g/mol.